The topological polar surface area (TPSA) is 26.3 Å². The number of hydrogen-bond donors (Lipinski definition) is 0. The zero-order chi connectivity index (χ0) is 12.0. The first-order valence-corrected chi connectivity index (χ1v) is 5.65. The number of carbonyl (C=O) groups excluding carboxylic acids is 1. The van der Waals surface area contributed by atoms with Gasteiger partial charge in [0.2, 0.25) is 0 Å². The van der Waals surface area contributed by atoms with E-state index in [4.69, 9.17) is 4.74 Å². The summed E-state index contributed by atoms with van der Waals surface area (Å²) in [6, 6.07) is 10.1. The molecule has 0 aliphatic heterocycles. The van der Waals surface area contributed by atoms with E-state index in [1.54, 1.807) is 0 Å². The number of ether oxygens (including phenoxy) is 1. The van der Waals surface area contributed by atoms with Crippen molar-refractivity contribution in [2.75, 3.05) is 13.2 Å². The first-order valence-electron chi connectivity index (χ1n) is 5.65. The molecule has 2 heteroatoms. The molecule has 0 heterocycles. The van der Waals surface area contributed by atoms with E-state index in [-0.39, 0.29) is 17.8 Å². The molecule has 0 bridgehead atoms. The van der Waals surface area contributed by atoms with Crippen molar-refractivity contribution in [2.24, 2.45) is 5.41 Å². The second kappa shape index (κ2) is 5.80. The van der Waals surface area contributed by atoms with Crippen LogP contribution in [0.4, 0.5) is 0 Å². The number of rotatable bonds is 5. The molecule has 0 spiro atoms. The summed E-state index contributed by atoms with van der Waals surface area (Å²) < 4.78 is 5.38. The van der Waals surface area contributed by atoms with Gasteiger partial charge in [-0.15, -0.1) is 0 Å². The molecule has 16 heavy (non-hydrogen) atoms. The van der Waals surface area contributed by atoms with Crippen molar-refractivity contribution in [2.45, 2.75) is 27.2 Å². The third-order valence-corrected chi connectivity index (χ3v) is 2.45. The predicted molar refractivity (Wildman–Crippen MR) is 65.4 cm³/mol. The van der Waals surface area contributed by atoms with E-state index < -0.39 is 0 Å². The molecule has 0 saturated heterocycles. The molecule has 1 aromatic carbocycles. The summed E-state index contributed by atoms with van der Waals surface area (Å²) in [5, 5.41) is 0. The molecule has 2 nitrogen and oxygen atoms in total. The standard InChI is InChI=1S/C14H20O2/c1-14(2,3)13(15)11-16-10-9-12-7-5-4-6-8-12/h4-8H,9-11H2,1-3H3. The molecule has 0 amide bonds. The van der Waals surface area contributed by atoms with Crippen LogP contribution in [0, 0.1) is 5.41 Å². The normalized spacial score (nSPS) is 11.4. The first kappa shape index (κ1) is 12.9. The summed E-state index contributed by atoms with van der Waals surface area (Å²) in [5.74, 6) is 0.153. The van der Waals surface area contributed by atoms with Crippen LogP contribution in [-0.2, 0) is 16.0 Å². The Balaban J connectivity index is 2.20. The fourth-order valence-corrected chi connectivity index (χ4v) is 1.22. The predicted octanol–water partition coefficient (Wildman–Crippen LogP) is 2.86. The number of Topliss-reactive ketones (excluding diaryl/α,β-unsaturated/α-hetero) is 1. The largest absolute Gasteiger partial charge is 0.373 e. The van der Waals surface area contributed by atoms with Crippen molar-refractivity contribution >= 4 is 5.78 Å². The Morgan fingerprint density at radius 3 is 2.38 bits per heavy atom. The van der Waals surface area contributed by atoms with Crippen LogP contribution in [0.15, 0.2) is 30.3 Å². The maximum Gasteiger partial charge on any atom is 0.163 e. The van der Waals surface area contributed by atoms with E-state index >= 15 is 0 Å². The third kappa shape index (κ3) is 4.58. The highest BCUT2D eigenvalue weighted by Gasteiger charge is 2.20. The molecule has 0 N–H and O–H groups in total. The summed E-state index contributed by atoms with van der Waals surface area (Å²) in [7, 11) is 0. The zero-order valence-corrected chi connectivity index (χ0v) is 10.3. The Labute approximate surface area is 97.6 Å². The minimum atomic E-state index is -0.299. The minimum Gasteiger partial charge on any atom is -0.373 e. The fraction of sp³-hybridized carbons (Fsp3) is 0.500. The van der Waals surface area contributed by atoms with E-state index in [1.807, 2.05) is 39.0 Å². The van der Waals surface area contributed by atoms with Crippen molar-refractivity contribution in [3.8, 4) is 0 Å². The van der Waals surface area contributed by atoms with Crippen molar-refractivity contribution in [3.63, 3.8) is 0 Å². The van der Waals surface area contributed by atoms with E-state index in [0.29, 0.717) is 6.61 Å². The second-order valence-corrected chi connectivity index (χ2v) is 4.96. The molecule has 0 atom stereocenters. The van der Waals surface area contributed by atoms with Crippen molar-refractivity contribution < 1.29 is 9.53 Å². The molecule has 0 aliphatic carbocycles. The molecule has 0 fully saturated rings. The molecule has 0 aliphatic rings. The first-order chi connectivity index (χ1) is 7.50. The Morgan fingerprint density at radius 2 is 1.81 bits per heavy atom. The van der Waals surface area contributed by atoms with Gasteiger partial charge in [0.05, 0.1) is 6.61 Å². The zero-order valence-electron chi connectivity index (χ0n) is 10.3. The third-order valence-electron chi connectivity index (χ3n) is 2.45. The summed E-state index contributed by atoms with van der Waals surface area (Å²) in [5.41, 5.74) is 0.943. The summed E-state index contributed by atoms with van der Waals surface area (Å²) >= 11 is 0. The van der Waals surface area contributed by atoms with Crippen LogP contribution in [0.25, 0.3) is 0 Å². The number of benzene rings is 1. The van der Waals surface area contributed by atoms with Gasteiger partial charge >= 0.3 is 0 Å². The van der Waals surface area contributed by atoms with Gasteiger partial charge in [0.25, 0.3) is 0 Å². The van der Waals surface area contributed by atoms with E-state index in [1.165, 1.54) is 5.56 Å². The van der Waals surface area contributed by atoms with Crippen molar-refractivity contribution in [1.29, 1.82) is 0 Å². The van der Waals surface area contributed by atoms with Gasteiger partial charge in [-0.2, -0.15) is 0 Å². The van der Waals surface area contributed by atoms with E-state index in [2.05, 4.69) is 12.1 Å². The molecule has 0 saturated carbocycles. The minimum absolute atomic E-state index is 0.153. The Morgan fingerprint density at radius 1 is 1.19 bits per heavy atom. The lowest BCUT2D eigenvalue weighted by Crippen LogP contribution is -2.25. The summed E-state index contributed by atoms with van der Waals surface area (Å²) in [6.07, 6.45) is 0.859. The SMILES string of the molecule is CC(C)(C)C(=O)COCCc1ccccc1. The van der Waals surface area contributed by atoms with Gasteiger partial charge in [-0.25, -0.2) is 0 Å². The summed E-state index contributed by atoms with van der Waals surface area (Å²) in [6.45, 7) is 6.56. The van der Waals surface area contributed by atoms with Crippen LogP contribution in [0.1, 0.15) is 26.3 Å². The van der Waals surface area contributed by atoms with Crippen LogP contribution in [-0.4, -0.2) is 19.0 Å². The van der Waals surface area contributed by atoms with Gasteiger partial charge in [0.15, 0.2) is 5.78 Å². The molecular weight excluding hydrogens is 200 g/mol. The van der Waals surface area contributed by atoms with Crippen molar-refractivity contribution in [1.82, 2.24) is 0 Å². The van der Waals surface area contributed by atoms with E-state index in [9.17, 15) is 4.79 Å². The molecule has 0 radical (unpaired) electrons. The number of carbonyl (C=O) groups is 1. The average molecular weight is 220 g/mol. The lowest BCUT2D eigenvalue weighted by Gasteiger charge is -2.16. The van der Waals surface area contributed by atoms with Gasteiger partial charge < -0.3 is 4.74 Å². The molecule has 1 rings (SSSR count). The van der Waals surface area contributed by atoms with Gasteiger partial charge in [-0.3, -0.25) is 4.79 Å². The molecule has 88 valence electrons. The smallest absolute Gasteiger partial charge is 0.163 e. The lowest BCUT2D eigenvalue weighted by molar-refractivity contribution is -0.131. The number of ketones is 1. The van der Waals surface area contributed by atoms with Gasteiger partial charge in [0.1, 0.15) is 6.61 Å². The van der Waals surface area contributed by atoms with Crippen molar-refractivity contribution in [3.05, 3.63) is 35.9 Å². The van der Waals surface area contributed by atoms with Gasteiger partial charge in [-0.05, 0) is 12.0 Å². The van der Waals surface area contributed by atoms with Gasteiger partial charge in [-0.1, -0.05) is 51.1 Å². The average Bonchev–Trinajstić information content (AvgIpc) is 2.24. The highest BCUT2D eigenvalue weighted by molar-refractivity contribution is 5.84. The molecule has 0 aromatic heterocycles. The Hall–Kier alpha value is -1.15. The molecule has 0 unspecified atom stereocenters. The fourth-order valence-electron chi connectivity index (χ4n) is 1.22. The Kier molecular flexibility index (Phi) is 4.69. The maximum atomic E-state index is 11.6. The van der Waals surface area contributed by atoms with Crippen LogP contribution in [0.2, 0.25) is 0 Å². The maximum absolute atomic E-state index is 11.6. The monoisotopic (exact) mass is 220 g/mol. The second-order valence-electron chi connectivity index (χ2n) is 4.96. The van der Waals surface area contributed by atoms with Crippen LogP contribution < -0.4 is 0 Å². The Bertz CT molecular complexity index is 322. The van der Waals surface area contributed by atoms with Crippen LogP contribution in [0.5, 0.6) is 0 Å². The summed E-state index contributed by atoms with van der Waals surface area (Å²) in [4.78, 5) is 11.6. The highest BCUT2D eigenvalue weighted by Crippen LogP contribution is 2.14. The van der Waals surface area contributed by atoms with Gasteiger partial charge in [0, 0.05) is 5.41 Å². The quantitative estimate of drug-likeness (QED) is 0.713. The molecule has 1 aromatic rings. The highest BCUT2D eigenvalue weighted by atomic mass is 16.5. The lowest BCUT2D eigenvalue weighted by atomic mass is 9.91. The van der Waals surface area contributed by atoms with E-state index in [0.717, 1.165) is 6.42 Å². The van der Waals surface area contributed by atoms with Crippen LogP contribution in [0.3, 0.4) is 0 Å². The molecular formula is C14H20O2. The number of hydrogen-bond acceptors (Lipinski definition) is 2. The van der Waals surface area contributed by atoms with Crippen LogP contribution >= 0.6 is 0 Å².